The van der Waals surface area contributed by atoms with Gasteiger partial charge >= 0.3 is 5.97 Å². The fourth-order valence-electron chi connectivity index (χ4n) is 3.98. The SMILES string of the molecule is CC(=O)OC(C)C(=O)CCC(=O)NC(COCC(=O)CN(C)C(=O)CO)(COCC(=O)CN(C)C(=O)CO)COCC(=O)CN(C)C(=O)CO. The van der Waals surface area contributed by atoms with E-state index in [-0.39, 0.29) is 6.42 Å². The molecule has 20 nitrogen and oxygen atoms in total. The predicted octanol–water partition coefficient (Wildman–Crippen LogP) is -4.75. The van der Waals surface area contributed by atoms with E-state index >= 15 is 0 Å². The minimum Gasteiger partial charge on any atom is -0.455 e. The number of nitrogens with one attached hydrogen (secondary N) is 1. The van der Waals surface area contributed by atoms with Crippen molar-refractivity contribution in [2.75, 3.05) is 100 Å². The summed E-state index contributed by atoms with van der Waals surface area (Å²) in [6.07, 6.45) is -1.93. The molecular weight excluding hydrogens is 672 g/mol. The van der Waals surface area contributed by atoms with Crippen LogP contribution in [0.1, 0.15) is 26.7 Å². The quantitative estimate of drug-likeness (QED) is 0.0580. The number of carbonyl (C=O) groups is 9. The lowest BCUT2D eigenvalue weighted by molar-refractivity contribution is -0.152. The van der Waals surface area contributed by atoms with Crippen molar-refractivity contribution in [2.45, 2.75) is 38.3 Å². The third kappa shape index (κ3) is 19.1. The summed E-state index contributed by atoms with van der Waals surface area (Å²) in [5, 5.41) is 29.6. The molecule has 20 heteroatoms. The Morgan fingerprint density at radius 2 is 0.960 bits per heavy atom. The zero-order chi connectivity index (χ0) is 38.4. The van der Waals surface area contributed by atoms with Crippen molar-refractivity contribution in [1.82, 2.24) is 20.0 Å². The van der Waals surface area contributed by atoms with Gasteiger partial charge in [-0.1, -0.05) is 0 Å². The molecule has 0 aliphatic rings. The van der Waals surface area contributed by atoms with Crippen LogP contribution in [0.4, 0.5) is 0 Å². The zero-order valence-electron chi connectivity index (χ0n) is 29.0. The number of rotatable bonds is 27. The molecule has 1 unspecified atom stereocenters. The largest absolute Gasteiger partial charge is 0.455 e. The van der Waals surface area contributed by atoms with Gasteiger partial charge in [0.1, 0.15) is 45.2 Å². The predicted molar refractivity (Wildman–Crippen MR) is 168 cm³/mol. The maximum atomic E-state index is 13.1. The van der Waals surface area contributed by atoms with Gasteiger partial charge in [0.05, 0.1) is 39.5 Å². The maximum absolute atomic E-state index is 13.1. The first-order chi connectivity index (χ1) is 23.4. The Morgan fingerprint density at radius 1 is 0.620 bits per heavy atom. The van der Waals surface area contributed by atoms with Crippen molar-refractivity contribution in [3.63, 3.8) is 0 Å². The van der Waals surface area contributed by atoms with Crippen molar-refractivity contribution in [3.05, 3.63) is 0 Å². The first-order valence-electron chi connectivity index (χ1n) is 15.2. The summed E-state index contributed by atoms with van der Waals surface area (Å²) in [5.41, 5.74) is -1.74. The number of hydrogen-bond acceptors (Lipinski definition) is 16. The summed E-state index contributed by atoms with van der Waals surface area (Å²) in [6, 6.07) is 0. The molecule has 284 valence electrons. The van der Waals surface area contributed by atoms with Gasteiger partial charge < -0.3 is 54.3 Å². The van der Waals surface area contributed by atoms with Crippen molar-refractivity contribution < 1.29 is 77.4 Å². The number of aliphatic hydroxyl groups excluding tert-OH is 3. The molecule has 4 amide bonds. The van der Waals surface area contributed by atoms with E-state index in [4.69, 9.17) is 34.3 Å². The second-order valence-corrected chi connectivity index (χ2v) is 11.4. The third-order valence-electron chi connectivity index (χ3n) is 6.65. The molecule has 0 aromatic rings. The number of Topliss-reactive ketones (excluding diaryl/α,β-unsaturated/α-hetero) is 4. The van der Waals surface area contributed by atoms with E-state index < -0.39 is 150 Å². The number of carbonyl (C=O) groups excluding carboxylic acids is 9. The van der Waals surface area contributed by atoms with E-state index in [1.54, 1.807) is 0 Å². The van der Waals surface area contributed by atoms with E-state index in [2.05, 4.69) is 5.32 Å². The number of likely N-dealkylation sites (N-methyl/N-ethyl adjacent to an activating group) is 3. The number of aliphatic hydroxyl groups is 3. The topological polar surface area (TPSA) is 273 Å². The number of esters is 1. The van der Waals surface area contributed by atoms with Gasteiger partial charge in [0.2, 0.25) is 23.6 Å². The molecule has 50 heavy (non-hydrogen) atoms. The van der Waals surface area contributed by atoms with Crippen LogP contribution in [0.5, 0.6) is 0 Å². The molecule has 0 radical (unpaired) electrons. The van der Waals surface area contributed by atoms with Gasteiger partial charge in [-0.25, -0.2) is 0 Å². The highest BCUT2D eigenvalue weighted by Gasteiger charge is 2.35. The molecule has 0 rings (SSSR count). The average Bonchev–Trinajstić information content (AvgIpc) is 3.05. The minimum atomic E-state index is -1.74. The summed E-state index contributed by atoms with van der Waals surface area (Å²) in [4.78, 5) is 112. The van der Waals surface area contributed by atoms with Crippen LogP contribution in [0, 0.1) is 0 Å². The van der Waals surface area contributed by atoms with E-state index in [9.17, 15) is 43.2 Å². The highest BCUT2D eigenvalue weighted by atomic mass is 16.5. The molecular formula is C30H48N4O16. The van der Waals surface area contributed by atoms with E-state index in [1.807, 2.05) is 0 Å². The molecule has 0 aromatic carbocycles. The number of hydrogen-bond donors (Lipinski definition) is 4. The van der Waals surface area contributed by atoms with Crippen LogP contribution in [0.25, 0.3) is 0 Å². The molecule has 4 N–H and O–H groups in total. The van der Waals surface area contributed by atoms with Crippen LogP contribution >= 0.6 is 0 Å². The normalized spacial score (nSPS) is 11.6. The van der Waals surface area contributed by atoms with Crippen LogP contribution < -0.4 is 5.32 Å². The van der Waals surface area contributed by atoms with Gasteiger partial charge in [0.25, 0.3) is 0 Å². The van der Waals surface area contributed by atoms with Crippen molar-refractivity contribution in [2.24, 2.45) is 0 Å². The standard InChI is InChI=1S/C30H48N4O16/c1-20(50-21(2)38)25(42)6-7-26(43)31-30(17-47-14-22(39)8-32(3)27(44)11-35,18-48-15-23(40)9-33(4)28(45)12-36)19-49-16-24(41)10-34(5)29(46)13-37/h20,35-37H,6-19H2,1-5H3,(H,31,43). The van der Waals surface area contributed by atoms with Crippen LogP contribution in [0.3, 0.4) is 0 Å². The Kier molecular flexibility index (Phi) is 22.0. The lowest BCUT2D eigenvalue weighted by Gasteiger charge is -2.34. The Morgan fingerprint density at radius 3 is 1.26 bits per heavy atom. The molecule has 0 spiro atoms. The van der Waals surface area contributed by atoms with E-state index in [0.29, 0.717) is 0 Å². The number of ether oxygens (including phenoxy) is 4. The molecule has 0 aliphatic heterocycles. The third-order valence-corrected chi connectivity index (χ3v) is 6.65. The fraction of sp³-hybridized carbons (Fsp3) is 0.700. The van der Waals surface area contributed by atoms with Gasteiger partial charge in [-0.3, -0.25) is 43.2 Å². The molecule has 0 bridgehead atoms. The highest BCUT2D eigenvalue weighted by molar-refractivity contribution is 5.90. The minimum absolute atomic E-state index is 0.365. The van der Waals surface area contributed by atoms with Crippen molar-refractivity contribution in [3.8, 4) is 0 Å². The van der Waals surface area contributed by atoms with Crippen LogP contribution in [0.15, 0.2) is 0 Å². The number of ketones is 4. The Hall–Kier alpha value is -4.21. The van der Waals surface area contributed by atoms with Crippen molar-refractivity contribution in [1.29, 1.82) is 0 Å². The fourth-order valence-corrected chi connectivity index (χ4v) is 3.98. The summed E-state index contributed by atoms with van der Waals surface area (Å²) in [5.74, 6) is -6.08. The van der Waals surface area contributed by atoms with Gasteiger partial charge in [-0.2, -0.15) is 0 Å². The molecule has 0 fully saturated rings. The molecule has 0 heterocycles. The van der Waals surface area contributed by atoms with E-state index in [1.165, 1.54) is 28.1 Å². The van der Waals surface area contributed by atoms with Crippen LogP contribution in [-0.4, -0.2) is 195 Å². The first-order valence-corrected chi connectivity index (χ1v) is 15.2. The highest BCUT2D eigenvalue weighted by Crippen LogP contribution is 2.12. The Labute approximate surface area is 288 Å². The van der Waals surface area contributed by atoms with Crippen LogP contribution in [-0.2, 0) is 62.1 Å². The lowest BCUT2D eigenvalue weighted by Crippen LogP contribution is -2.59. The monoisotopic (exact) mass is 720 g/mol. The summed E-state index contributed by atoms with van der Waals surface area (Å²) in [6.45, 7) is -4.83. The van der Waals surface area contributed by atoms with Gasteiger partial charge in [0, 0.05) is 40.9 Å². The lowest BCUT2D eigenvalue weighted by atomic mass is 10.0. The second-order valence-electron chi connectivity index (χ2n) is 11.4. The molecule has 1 atom stereocenters. The summed E-state index contributed by atoms with van der Waals surface area (Å²) < 4.78 is 21.4. The Balaban J connectivity index is 6.06. The van der Waals surface area contributed by atoms with Crippen LogP contribution in [0.2, 0.25) is 0 Å². The molecule has 0 aromatic heterocycles. The van der Waals surface area contributed by atoms with E-state index in [0.717, 1.165) is 21.6 Å². The Bertz CT molecular complexity index is 1110. The van der Waals surface area contributed by atoms with Gasteiger partial charge in [-0.05, 0) is 6.92 Å². The molecule has 0 saturated heterocycles. The van der Waals surface area contributed by atoms with Gasteiger partial charge in [0.15, 0.2) is 29.2 Å². The second kappa shape index (κ2) is 24.0. The molecule has 0 saturated carbocycles. The molecule has 0 aliphatic carbocycles. The number of amides is 4. The number of nitrogens with zero attached hydrogens (tertiary/aromatic N) is 3. The average molecular weight is 721 g/mol. The maximum Gasteiger partial charge on any atom is 0.303 e. The summed E-state index contributed by atoms with van der Waals surface area (Å²) >= 11 is 0. The van der Waals surface area contributed by atoms with Crippen molar-refractivity contribution >= 4 is 52.7 Å². The first kappa shape index (κ1) is 45.8. The zero-order valence-corrected chi connectivity index (χ0v) is 29.0. The summed E-state index contributed by atoms with van der Waals surface area (Å²) in [7, 11) is 3.83. The van der Waals surface area contributed by atoms with Gasteiger partial charge in [-0.15, -0.1) is 0 Å². The smallest absolute Gasteiger partial charge is 0.303 e.